The Balaban J connectivity index is 1.99. The molecule has 1 heterocycles. The minimum Gasteiger partial charge on any atom is -0.383 e. The van der Waals surface area contributed by atoms with Crippen molar-refractivity contribution in [2.75, 3.05) is 33.4 Å². The summed E-state index contributed by atoms with van der Waals surface area (Å²) >= 11 is 9.77. The standard InChI is InChI=1S/C14H19BrClNO2/c1-18-7-5-17-9-10-4-6-19-14(10)12-8-11(15)2-3-13(12)16/h2-3,8,10,14,17H,4-7,9H2,1H3. The van der Waals surface area contributed by atoms with E-state index in [0.717, 1.165) is 47.8 Å². The van der Waals surface area contributed by atoms with E-state index in [1.807, 2.05) is 12.1 Å². The second-order valence-corrected chi connectivity index (χ2v) is 6.03. The third-order valence-corrected chi connectivity index (χ3v) is 4.21. The van der Waals surface area contributed by atoms with Gasteiger partial charge in [0.1, 0.15) is 0 Å². The van der Waals surface area contributed by atoms with Crippen molar-refractivity contribution in [3.63, 3.8) is 0 Å². The number of benzene rings is 1. The molecule has 0 bridgehead atoms. The predicted molar refractivity (Wildman–Crippen MR) is 80.7 cm³/mol. The van der Waals surface area contributed by atoms with Crippen molar-refractivity contribution in [1.29, 1.82) is 0 Å². The van der Waals surface area contributed by atoms with E-state index >= 15 is 0 Å². The molecule has 1 saturated heterocycles. The largest absolute Gasteiger partial charge is 0.383 e. The molecule has 2 unspecified atom stereocenters. The van der Waals surface area contributed by atoms with E-state index in [0.29, 0.717) is 5.92 Å². The van der Waals surface area contributed by atoms with Crippen LogP contribution in [0.15, 0.2) is 22.7 Å². The van der Waals surface area contributed by atoms with Crippen LogP contribution >= 0.6 is 27.5 Å². The first-order valence-electron chi connectivity index (χ1n) is 6.48. The van der Waals surface area contributed by atoms with Gasteiger partial charge in [-0.1, -0.05) is 27.5 Å². The highest BCUT2D eigenvalue weighted by Gasteiger charge is 2.30. The van der Waals surface area contributed by atoms with E-state index in [1.54, 1.807) is 7.11 Å². The van der Waals surface area contributed by atoms with Crippen molar-refractivity contribution < 1.29 is 9.47 Å². The highest BCUT2D eigenvalue weighted by molar-refractivity contribution is 9.10. The number of hydrogen-bond donors (Lipinski definition) is 1. The molecule has 0 aliphatic carbocycles. The smallest absolute Gasteiger partial charge is 0.0880 e. The summed E-state index contributed by atoms with van der Waals surface area (Å²) in [5.74, 6) is 0.462. The summed E-state index contributed by atoms with van der Waals surface area (Å²) in [7, 11) is 1.71. The van der Waals surface area contributed by atoms with Gasteiger partial charge in [-0.25, -0.2) is 0 Å². The van der Waals surface area contributed by atoms with Crippen LogP contribution in [-0.2, 0) is 9.47 Å². The molecule has 3 nitrogen and oxygen atoms in total. The molecule has 0 saturated carbocycles. The summed E-state index contributed by atoms with van der Waals surface area (Å²) in [5, 5.41) is 4.18. The van der Waals surface area contributed by atoms with E-state index in [-0.39, 0.29) is 6.10 Å². The molecule has 1 aliphatic rings. The van der Waals surface area contributed by atoms with Gasteiger partial charge in [-0.3, -0.25) is 0 Å². The third-order valence-electron chi connectivity index (χ3n) is 3.37. The summed E-state index contributed by atoms with van der Waals surface area (Å²) in [6, 6.07) is 5.92. The fourth-order valence-electron chi connectivity index (χ4n) is 2.38. The zero-order valence-electron chi connectivity index (χ0n) is 11.0. The molecule has 0 aromatic heterocycles. The predicted octanol–water partition coefficient (Wildman–Crippen LogP) is 3.42. The Kier molecular flexibility index (Phi) is 6.10. The Morgan fingerprint density at radius 2 is 2.37 bits per heavy atom. The second-order valence-electron chi connectivity index (χ2n) is 4.70. The van der Waals surface area contributed by atoms with Crippen LogP contribution in [0.4, 0.5) is 0 Å². The lowest BCUT2D eigenvalue weighted by atomic mass is 9.95. The van der Waals surface area contributed by atoms with Gasteiger partial charge in [0.05, 0.1) is 12.7 Å². The van der Waals surface area contributed by atoms with Crippen molar-refractivity contribution in [3.8, 4) is 0 Å². The molecule has 2 rings (SSSR count). The van der Waals surface area contributed by atoms with Crippen molar-refractivity contribution in [3.05, 3.63) is 33.3 Å². The van der Waals surface area contributed by atoms with Crippen LogP contribution in [0.25, 0.3) is 0 Å². The lowest BCUT2D eigenvalue weighted by molar-refractivity contribution is 0.0899. The number of halogens is 2. The number of rotatable bonds is 6. The maximum absolute atomic E-state index is 6.28. The number of ether oxygens (including phenoxy) is 2. The fraction of sp³-hybridized carbons (Fsp3) is 0.571. The summed E-state index contributed by atoms with van der Waals surface area (Å²) in [5.41, 5.74) is 1.08. The van der Waals surface area contributed by atoms with Gasteiger partial charge in [-0.05, 0) is 24.6 Å². The average molecular weight is 349 g/mol. The quantitative estimate of drug-likeness (QED) is 0.799. The lowest BCUT2D eigenvalue weighted by Crippen LogP contribution is -2.27. The van der Waals surface area contributed by atoms with Crippen LogP contribution in [0.1, 0.15) is 18.1 Å². The normalized spacial score (nSPS) is 22.9. The van der Waals surface area contributed by atoms with E-state index in [9.17, 15) is 0 Å². The van der Waals surface area contributed by atoms with E-state index < -0.39 is 0 Å². The van der Waals surface area contributed by atoms with Gasteiger partial charge >= 0.3 is 0 Å². The highest BCUT2D eigenvalue weighted by atomic mass is 79.9. The van der Waals surface area contributed by atoms with Gasteiger partial charge in [0.2, 0.25) is 0 Å². The minimum absolute atomic E-state index is 0.0834. The van der Waals surface area contributed by atoms with Gasteiger partial charge in [0, 0.05) is 47.8 Å². The first-order chi connectivity index (χ1) is 9.22. The van der Waals surface area contributed by atoms with Crippen molar-refractivity contribution in [2.24, 2.45) is 5.92 Å². The molecule has 5 heteroatoms. The molecule has 0 amide bonds. The summed E-state index contributed by atoms with van der Waals surface area (Å²) in [6.45, 7) is 3.32. The molecule has 2 atom stereocenters. The van der Waals surface area contributed by atoms with Crippen molar-refractivity contribution >= 4 is 27.5 Å². The van der Waals surface area contributed by atoms with E-state index in [1.165, 1.54) is 0 Å². The molecule has 1 N–H and O–H groups in total. The second kappa shape index (κ2) is 7.60. The molecule has 1 fully saturated rings. The lowest BCUT2D eigenvalue weighted by Gasteiger charge is -2.20. The Labute approximate surface area is 127 Å². The SMILES string of the molecule is COCCNCC1CCOC1c1cc(Br)ccc1Cl. The molecule has 106 valence electrons. The topological polar surface area (TPSA) is 30.5 Å². The van der Waals surface area contributed by atoms with Gasteiger partial charge in [-0.2, -0.15) is 0 Å². The van der Waals surface area contributed by atoms with Crippen LogP contribution in [0, 0.1) is 5.92 Å². The van der Waals surface area contributed by atoms with Crippen LogP contribution in [-0.4, -0.2) is 33.4 Å². The number of hydrogen-bond acceptors (Lipinski definition) is 3. The molecule has 19 heavy (non-hydrogen) atoms. The third kappa shape index (κ3) is 4.17. The molecular weight excluding hydrogens is 330 g/mol. The zero-order valence-corrected chi connectivity index (χ0v) is 13.3. The molecule has 1 aromatic carbocycles. The Bertz CT molecular complexity index is 416. The van der Waals surface area contributed by atoms with E-state index in [2.05, 4.69) is 27.3 Å². The van der Waals surface area contributed by atoms with Crippen LogP contribution in [0.5, 0.6) is 0 Å². The van der Waals surface area contributed by atoms with Gasteiger partial charge < -0.3 is 14.8 Å². The molecule has 0 spiro atoms. The molecule has 1 aliphatic heterocycles. The first kappa shape index (κ1) is 15.3. The average Bonchev–Trinajstić information content (AvgIpc) is 2.86. The Hall–Kier alpha value is -0.130. The van der Waals surface area contributed by atoms with Crippen molar-refractivity contribution in [2.45, 2.75) is 12.5 Å². The van der Waals surface area contributed by atoms with E-state index in [4.69, 9.17) is 21.1 Å². The van der Waals surface area contributed by atoms with Crippen LogP contribution < -0.4 is 5.32 Å². The highest BCUT2D eigenvalue weighted by Crippen LogP contribution is 2.38. The van der Waals surface area contributed by atoms with Crippen LogP contribution in [0.3, 0.4) is 0 Å². The minimum atomic E-state index is 0.0834. The van der Waals surface area contributed by atoms with Crippen molar-refractivity contribution in [1.82, 2.24) is 5.32 Å². The monoisotopic (exact) mass is 347 g/mol. The molecule has 1 aromatic rings. The summed E-state index contributed by atoms with van der Waals surface area (Å²) in [4.78, 5) is 0. The Morgan fingerprint density at radius 1 is 1.53 bits per heavy atom. The zero-order chi connectivity index (χ0) is 13.7. The van der Waals surface area contributed by atoms with Gasteiger partial charge in [0.25, 0.3) is 0 Å². The molecule has 0 radical (unpaired) electrons. The van der Waals surface area contributed by atoms with Gasteiger partial charge in [0.15, 0.2) is 0 Å². The fourth-order valence-corrected chi connectivity index (χ4v) is 2.98. The van der Waals surface area contributed by atoms with Crippen LogP contribution in [0.2, 0.25) is 5.02 Å². The number of methoxy groups -OCH3 is 1. The summed E-state index contributed by atoms with van der Waals surface area (Å²) in [6.07, 6.45) is 1.15. The van der Waals surface area contributed by atoms with Gasteiger partial charge in [-0.15, -0.1) is 0 Å². The molecular formula is C14H19BrClNO2. The maximum Gasteiger partial charge on any atom is 0.0880 e. The summed E-state index contributed by atoms with van der Waals surface area (Å²) < 4.78 is 11.9. The number of nitrogens with one attached hydrogen (secondary N) is 1. The first-order valence-corrected chi connectivity index (χ1v) is 7.65. The maximum atomic E-state index is 6.28. The Morgan fingerprint density at radius 3 is 3.16 bits per heavy atom.